The van der Waals surface area contributed by atoms with Crippen LogP contribution >= 0.6 is 15.9 Å². The van der Waals surface area contributed by atoms with Crippen molar-refractivity contribution in [3.8, 4) is 0 Å². The Morgan fingerprint density at radius 1 is 1.42 bits per heavy atom. The summed E-state index contributed by atoms with van der Waals surface area (Å²) >= 11 is 3.41. The molecule has 1 aliphatic heterocycles. The Labute approximate surface area is 120 Å². The second kappa shape index (κ2) is 6.19. The van der Waals surface area contributed by atoms with Crippen molar-refractivity contribution in [1.29, 1.82) is 0 Å². The summed E-state index contributed by atoms with van der Waals surface area (Å²) in [5.74, 6) is 0.158. The van der Waals surface area contributed by atoms with E-state index in [2.05, 4.69) is 15.9 Å². The molecule has 1 aromatic rings. The monoisotopic (exact) mass is 325 g/mol. The highest BCUT2D eigenvalue weighted by atomic mass is 79.9. The molecule has 0 saturated carbocycles. The summed E-state index contributed by atoms with van der Waals surface area (Å²) in [6.07, 6.45) is 0.574. The Kier molecular flexibility index (Phi) is 4.58. The van der Waals surface area contributed by atoms with Crippen molar-refractivity contribution >= 4 is 33.5 Å². The van der Waals surface area contributed by atoms with Crippen LogP contribution in [0.25, 0.3) is 0 Å². The number of halogens is 1. The van der Waals surface area contributed by atoms with Gasteiger partial charge in [0.2, 0.25) is 5.91 Å². The molecule has 1 saturated heterocycles. The zero-order valence-electron chi connectivity index (χ0n) is 10.8. The van der Waals surface area contributed by atoms with Crippen molar-refractivity contribution in [1.82, 2.24) is 0 Å². The van der Waals surface area contributed by atoms with E-state index in [1.165, 1.54) is 0 Å². The van der Waals surface area contributed by atoms with Gasteiger partial charge in [0.05, 0.1) is 12.2 Å². The summed E-state index contributed by atoms with van der Waals surface area (Å²) in [4.78, 5) is 25.2. The SMILES string of the molecule is CCOC(=O)c1ccc(N2CC(CBr)CC2=O)cc1. The minimum atomic E-state index is -0.333. The molecule has 1 aliphatic rings. The van der Waals surface area contributed by atoms with Gasteiger partial charge in [-0.25, -0.2) is 4.79 Å². The van der Waals surface area contributed by atoms with Crippen LogP contribution in [-0.4, -0.2) is 30.4 Å². The zero-order chi connectivity index (χ0) is 13.8. The molecular weight excluding hydrogens is 310 g/mol. The first-order chi connectivity index (χ1) is 9.15. The summed E-state index contributed by atoms with van der Waals surface area (Å²) in [6, 6.07) is 6.98. The maximum atomic E-state index is 11.9. The van der Waals surface area contributed by atoms with Crippen LogP contribution in [0.5, 0.6) is 0 Å². The predicted molar refractivity (Wildman–Crippen MR) is 76.7 cm³/mol. The molecule has 1 amide bonds. The molecule has 0 aromatic heterocycles. The number of esters is 1. The molecule has 1 atom stereocenters. The van der Waals surface area contributed by atoms with Crippen LogP contribution in [0, 0.1) is 5.92 Å². The molecule has 5 heteroatoms. The third-order valence-electron chi connectivity index (χ3n) is 3.11. The maximum absolute atomic E-state index is 11.9. The van der Waals surface area contributed by atoms with E-state index in [0.717, 1.165) is 17.6 Å². The highest BCUT2D eigenvalue weighted by Gasteiger charge is 2.29. The first kappa shape index (κ1) is 14.1. The van der Waals surface area contributed by atoms with E-state index in [4.69, 9.17) is 4.74 Å². The van der Waals surface area contributed by atoms with Crippen LogP contribution in [0.15, 0.2) is 24.3 Å². The zero-order valence-corrected chi connectivity index (χ0v) is 12.4. The number of benzene rings is 1. The van der Waals surface area contributed by atoms with E-state index in [1.807, 2.05) is 0 Å². The number of amides is 1. The standard InChI is InChI=1S/C14H16BrNO3/c1-2-19-14(18)11-3-5-12(6-4-11)16-9-10(8-15)7-13(16)17/h3-6,10H,2,7-9H2,1H3. The van der Waals surface area contributed by atoms with Gasteiger partial charge in [-0.1, -0.05) is 15.9 Å². The average Bonchev–Trinajstić information content (AvgIpc) is 2.80. The molecule has 1 aromatic carbocycles. The Hall–Kier alpha value is -1.36. The van der Waals surface area contributed by atoms with E-state index in [1.54, 1.807) is 36.1 Å². The largest absolute Gasteiger partial charge is 0.462 e. The normalized spacial score (nSPS) is 18.7. The van der Waals surface area contributed by atoms with E-state index in [-0.39, 0.29) is 11.9 Å². The van der Waals surface area contributed by atoms with E-state index < -0.39 is 0 Å². The number of nitrogens with zero attached hydrogens (tertiary/aromatic N) is 1. The number of anilines is 1. The van der Waals surface area contributed by atoms with Crippen molar-refractivity contribution < 1.29 is 14.3 Å². The maximum Gasteiger partial charge on any atom is 0.338 e. The lowest BCUT2D eigenvalue weighted by atomic mass is 10.1. The third kappa shape index (κ3) is 3.15. The van der Waals surface area contributed by atoms with Crippen LogP contribution in [0.3, 0.4) is 0 Å². The van der Waals surface area contributed by atoms with Gasteiger partial charge in [-0.3, -0.25) is 4.79 Å². The molecule has 102 valence electrons. The molecule has 0 radical (unpaired) electrons. The fourth-order valence-electron chi connectivity index (χ4n) is 2.13. The number of carbonyl (C=O) groups is 2. The number of hydrogen-bond donors (Lipinski definition) is 0. The summed E-state index contributed by atoms with van der Waals surface area (Å²) in [5, 5.41) is 0.830. The van der Waals surface area contributed by atoms with Crippen LogP contribution in [0.1, 0.15) is 23.7 Å². The quantitative estimate of drug-likeness (QED) is 0.631. The van der Waals surface area contributed by atoms with Crippen LogP contribution in [-0.2, 0) is 9.53 Å². The predicted octanol–water partition coefficient (Wildman–Crippen LogP) is 2.61. The Bertz CT molecular complexity index is 472. The smallest absolute Gasteiger partial charge is 0.338 e. The van der Waals surface area contributed by atoms with Gasteiger partial charge in [0.15, 0.2) is 0 Å². The molecule has 0 spiro atoms. The van der Waals surface area contributed by atoms with Crippen molar-refractivity contribution in [3.63, 3.8) is 0 Å². The van der Waals surface area contributed by atoms with E-state index in [0.29, 0.717) is 24.5 Å². The lowest BCUT2D eigenvalue weighted by Crippen LogP contribution is -2.24. The number of alkyl halides is 1. The first-order valence-electron chi connectivity index (χ1n) is 6.29. The van der Waals surface area contributed by atoms with Gasteiger partial charge in [0.25, 0.3) is 0 Å². The second-order valence-corrected chi connectivity index (χ2v) is 5.14. The lowest BCUT2D eigenvalue weighted by molar-refractivity contribution is -0.117. The van der Waals surface area contributed by atoms with Gasteiger partial charge in [0.1, 0.15) is 0 Å². The third-order valence-corrected chi connectivity index (χ3v) is 4.03. The highest BCUT2D eigenvalue weighted by molar-refractivity contribution is 9.09. The molecule has 2 rings (SSSR count). The molecule has 1 fully saturated rings. The molecule has 1 heterocycles. The first-order valence-corrected chi connectivity index (χ1v) is 7.41. The molecule has 1 unspecified atom stereocenters. The average molecular weight is 326 g/mol. The minimum absolute atomic E-state index is 0.133. The molecule has 4 nitrogen and oxygen atoms in total. The fourth-order valence-corrected chi connectivity index (χ4v) is 2.56. The summed E-state index contributed by atoms with van der Waals surface area (Å²) in [5.41, 5.74) is 1.34. The van der Waals surface area contributed by atoms with Gasteiger partial charge in [0, 0.05) is 24.0 Å². The lowest BCUT2D eigenvalue weighted by Gasteiger charge is -2.16. The van der Waals surface area contributed by atoms with Crippen molar-refractivity contribution in [2.45, 2.75) is 13.3 Å². The number of rotatable bonds is 4. The molecule has 0 bridgehead atoms. The summed E-state index contributed by atoms with van der Waals surface area (Å²) < 4.78 is 4.92. The van der Waals surface area contributed by atoms with Crippen LogP contribution in [0.4, 0.5) is 5.69 Å². The highest BCUT2D eigenvalue weighted by Crippen LogP contribution is 2.26. The van der Waals surface area contributed by atoms with Crippen molar-refractivity contribution in [3.05, 3.63) is 29.8 Å². The summed E-state index contributed by atoms with van der Waals surface area (Å²) in [6.45, 7) is 2.86. The molecule has 0 aliphatic carbocycles. The Morgan fingerprint density at radius 3 is 2.63 bits per heavy atom. The number of ether oxygens (including phenoxy) is 1. The van der Waals surface area contributed by atoms with Gasteiger partial charge >= 0.3 is 5.97 Å². The fraction of sp³-hybridized carbons (Fsp3) is 0.429. The van der Waals surface area contributed by atoms with Crippen molar-refractivity contribution in [2.24, 2.45) is 5.92 Å². The van der Waals surface area contributed by atoms with Gasteiger partial charge in [-0.15, -0.1) is 0 Å². The number of carbonyl (C=O) groups excluding carboxylic acids is 2. The molecule has 19 heavy (non-hydrogen) atoms. The van der Waals surface area contributed by atoms with E-state index >= 15 is 0 Å². The van der Waals surface area contributed by atoms with Gasteiger partial charge in [-0.05, 0) is 37.1 Å². The molecular formula is C14H16BrNO3. The minimum Gasteiger partial charge on any atom is -0.462 e. The van der Waals surface area contributed by atoms with E-state index in [9.17, 15) is 9.59 Å². The Morgan fingerprint density at radius 2 is 2.11 bits per heavy atom. The Balaban J connectivity index is 2.10. The number of hydrogen-bond acceptors (Lipinski definition) is 3. The second-order valence-electron chi connectivity index (χ2n) is 4.50. The molecule has 0 N–H and O–H groups in total. The topological polar surface area (TPSA) is 46.6 Å². The summed E-state index contributed by atoms with van der Waals surface area (Å²) in [7, 11) is 0. The van der Waals surface area contributed by atoms with Gasteiger partial charge < -0.3 is 9.64 Å². The van der Waals surface area contributed by atoms with Crippen LogP contribution in [0.2, 0.25) is 0 Å². The van der Waals surface area contributed by atoms with Crippen LogP contribution < -0.4 is 4.90 Å². The van der Waals surface area contributed by atoms with Crippen molar-refractivity contribution in [2.75, 3.05) is 23.4 Å². The van der Waals surface area contributed by atoms with Gasteiger partial charge in [-0.2, -0.15) is 0 Å².